The molecule has 0 saturated carbocycles. The fourth-order valence-electron chi connectivity index (χ4n) is 1.58. The lowest BCUT2D eigenvalue weighted by Gasteiger charge is -2.27. The molecule has 1 rings (SSSR count). The summed E-state index contributed by atoms with van der Waals surface area (Å²) in [5.41, 5.74) is -0.812. The van der Waals surface area contributed by atoms with Crippen LogP contribution in [0, 0.1) is 0 Å². The lowest BCUT2D eigenvalue weighted by molar-refractivity contribution is -0.122. The number of ether oxygens (including phenoxy) is 1. The predicted octanol–water partition coefficient (Wildman–Crippen LogP) is -1.39. The van der Waals surface area contributed by atoms with E-state index in [0.717, 1.165) is 12.8 Å². The molecule has 1 aliphatic rings. The minimum absolute atomic E-state index is 0.0922. The molecule has 0 radical (unpaired) electrons. The Morgan fingerprint density at radius 2 is 1.94 bits per heavy atom. The highest BCUT2D eigenvalue weighted by Crippen LogP contribution is 2.06. The molecule has 1 aliphatic heterocycles. The van der Waals surface area contributed by atoms with Gasteiger partial charge in [-0.3, -0.25) is 10.1 Å². The Kier molecular flexibility index (Phi) is 5.84. The van der Waals surface area contributed by atoms with Gasteiger partial charge in [0.15, 0.2) is 0 Å². The van der Waals surface area contributed by atoms with Crippen LogP contribution in [0.1, 0.15) is 19.8 Å². The van der Waals surface area contributed by atoms with Crippen LogP contribution in [0.3, 0.4) is 0 Å². The van der Waals surface area contributed by atoms with Crippen LogP contribution >= 0.6 is 0 Å². The quantitative estimate of drug-likeness (QED) is 0.463. The Balaban J connectivity index is 2.24. The van der Waals surface area contributed by atoms with Crippen LogP contribution in [0.15, 0.2) is 0 Å². The molecule has 17 heavy (non-hydrogen) atoms. The first kappa shape index (κ1) is 14.4. The van der Waals surface area contributed by atoms with E-state index in [1.807, 2.05) is 0 Å². The average Bonchev–Trinajstić information content (AvgIpc) is 2.37. The van der Waals surface area contributed by atoms with Crippen molar-refractivity contribution in [2.45, 2.75) is 31.3 Å². The summed E-state index contributed by atoms with van der Waals surface area (Å²) in [4.78, 5) is 11.6. The van der Waals surface area contributed by atoms with E-state index >= 15 is 0 Å². The highest BCUT2D eigenvalue weighted by Gasteiger charge is 2.23. The van der Waals surface area contributed by atoms with Crippen molar-refractivity contribution in [2.24, 2.45) is 0 Å². The molecule has 6 heteroatoms. The lowest BCUT2D eigenvalue weighted by atomic mass is 10.1. The van der Waals surface area contributed by atoms with Gasteiger partial charge in [-0.25, -0.2) is 0 Å². The van der Waals surface area contributed by atoms with Crippen molar-refractivity contribution >= 4 is 5.91 Å². The first-order valence-electron chi connectivity index (χ1n) is 5.93. The number of rotatable bonds is 6. The minimum atomic E-state index is -0.812. The van der Waals surface area contributed by atoms with Crippen molar-refractivity contribution in [3.05, 3.63) is 0 Å². The van der Waals surface area contributed by atoms with Gasteiger partial charge in [-0.1, -0.05) is 0 Å². The fourth-order valence-corrected chi connectivity index (χ4v) is 1.58. The number of carbonyl (C=O) groups is 1. The standard InChI is InChI=1S/C11H22N2O4/c1-11(7-14,8-15)12-6-10(16)13-9-2-4-17-5-3-9/h9,12,14-15H,2-8H2,1H3,(H,13,16). The largest absolute Gasteiger partial charge is 0.394 e. The summed E-state index contributed by atoms with van der Waals surface area (Å²) in [5.74, 6) is -0.120. The van der Waals surface area contributed by atoms with Gasteiger partial charge in [0.25, 0.3) is 0 Å². The molecule has 0 aliphatic carbocycles. The Morgan fingerprint density at radius 1 is 1.35 bits per heavy atom. The maximum absolute atomic E-state index is 11.6. The molecular weight excluding hydrogens is 224 g/mol. The van der Waals surface area contributed by atoms with E-state index in [9.17, 15) is 4.79 Å². The van der Waals surface area contributed by atoms with Gasteiger partial charge in [0, 0.05) is 19.3 Å². The van der Waals surface area contributed by atoms with Crippen LogP contribution in [-0.4, -0.2) is 60.7 Å². The third kappa shape index (κ3) is 4.99. The Morgan fingerprint density at radius 3 is 2.47 bits per heavy atom. The third-order valence-corrected chi connectivity index (χ3v) is 2.96. The first-order valence-corrected chi connectivity index (χ1v) is 5.93. The average molecular weight is 246 g/mol. The second-order valence-corrected chi connectivity index (χ2v) is 4.68. The van der Waals surface area contributed by atoms with Crippen LogP contribution < -0.4 is 10.6 Å². The van der Waals surface area contributed by atoms with E-state index in [-0.39, 0.29) is 31.7 Å². The molecule has 0 unspecified atom stereocenters. The third-order valence-electron chi connectivity index (χ3n) is 2.96. The minimum Gasteiger partial charge on any atom is -0.394 e. The normalized spacial score (nSPS) is 18.1. The molecule has 4 N–H and O–H groups in total. The summed E-state index contributed by atoms with van der Waals surface area (Å²) in [6, 6.07) is 0.174. The van der Waals surface area contributed by atoms with E-state index in [2.05, 4.69) is 10.6 Å². The van der Waals surface area contributed by atoms with E-state index in [1.54, 1.807) is 6.92 Å². The molecule has 0 aromatic carbocycles. The molecule has 1 heterocycles. The molecule has 0 aromatic heterocycles. The summed E-state index contributed by atoms with van der Waals surface area (Å²) in [5, 5.41) is 23.8. The van der Waals surface area contributed by atoms with Crippen LogP contribution in [0.2, 0.25) is 0 Å². The Bertz CT molecular complexity index is 238. The van der Waals surface area contributed by atoms with Crippen molar-refractivity contribution in [1.29, 1.82) is 0 Å². The smallest absolute Gasteiger partial charge is 0.234 e. The van der Waals surface area contributed by atoms with Crippen molar-refractivity contribution in [3.63, 3.8) is 0 Å². The summed E-state index contributed by atoms with van der Waals surface area (Å²) < 4.78 is 5.20. The predicted molar refractivity (Wildman–Crippen MR) is 62.6 cm³/mol. The Labute approximate surface area is 101 Å². The molecular formula is C11H22N2O4. The van der Waals surface area contributed by atoms with Crippen molar-refractivity contribution in [3.8, 4) is 0 Å². The molecule has 1 saturated heterocycles. The zero-order chi connectivity index (χ0) is 12.7. The molecule has 1 amide bonds. The van der Waals surface area contributed by atoms with Gasteiger partial charge in [-0.15, -0.1) is 0 Å². The Hall–Kier alpha value is -0.690. The topological polar surface area (TPSA) is 90.8 Å². The SMILES string of the molecule is CC(CO)(CO)NCC(=O)NC1CCOCC1. The van der Waals surface area contributed by atoms with Gasteiger partial charge in [0.1, 0.15) is 0 Å². The molecule has 0 aromatic rings. The van der Waals surface area contributed by atoms with Crippen molar-refractivity contribution in [2.75, 3.05) is 33.0 Å². The van der Waals surface area contributed by atoms with Gasteiger partial charge < -0.3 is 20.3 Å². The van der Waals surface area contributed by atoms with Gasteiger partial charge in [0.2, 0.25) is 5.91 Å². The highest BCUT2D eigenvalue weighted by molar-refractivity contribution is 5.78. The van der Waals surface area contributed by atoms with Gasteiger partial charge >= 0.3 is 0 Å². The maximum atomic E-state index is 11.6. The maximum Gasteiger partial charge on any atom is 0.234 e. The zero-order valence-electron chi connectivity index (χ0n) is 10.2. The molecule has 0 atom stereocenters. The van der Waals surface area contributed by atoms with E-state index in [1.165, 1.54) is 0 Å². The van der Waals surface area contributed by atoms with Crippen LogP contribution in [0.5, 0.6) is 0 Å². The van der Waals surface area contributed by atoms with Gasteiger partial charge in [-0.2, -0.15) is 0 Å². The van der Waals surface area contributed by atoms with Crippen molar-refractivity contribution < 1.29 is 19.7 Å². The molecule has 0 bridgehead atoms. The first-order chi connectivity index (χ1) is 8.09. The van der Waals surface area contributed by atoms with Gasteiger partial charge in [0.05, 0.1) is 25.3 Å². The van der Waals surface area contributed by atoms with E-state index < -0.39 is 5.54 Å². The summed E-state index contributed by atoms with van der Waals surface area (Å²) in [7, 11) is 0. The number of nitrogens with one attached hydrogen (secondary N) is 2. The fraction of sp³-hybridized carbons (Fsp3) is 0.909. The lowest BCUT2D eigenvalue weighted by Crippen LogP contribution is -2.53. The number of carbonyl (C=O) groups excluding carboxylic acids is 1. The van der Waals surface area contributed by atoms with Crippen LogP contribution in [0.4, 0.5) is 0 Å². The molecule has 100 valence electrons. The molecule has 6 nitrogen and oxygen atoms in total. The second kappa shape index (κ2) is 6.90. The number of aliphatic hydroxyl groups is 2. The number of hydrogen-bond donors (Lipinski definition) is 4. The van der Waals surface area contributed by atoms with Gasteiger partial charge in [-0.05, 0) is 19.8 Å². The van der Waals surface area contributed by atoms with Crippen LogP contribution in [-0.2, 0) is 9.53 Å². The zero-order valence-corrected chi connectivity index (χ0v) is 10.2. The number of amides is 1. The molecule has 1 fully saturated rings. The molecule has 0 spiro atoms. The summed E-state index contributed by atoms with van der Waals surface area (Å²) >= 11 is 0. The van der Waals surface area contributed by atoms with E-state index in [0.29, 0.717) is 13.2 Å². The monoisotopic (exact) mass is 246 g/mol. The number of aliphatic hydroxyl groups excluding tert-OH is 2. The summed E-state index contributed by atoms with van der Waals surface area (Å²) in [6.45, 7) is 2.69. The highest BCUT2D eigenvalue weighted by atomic mass is 16.5. The van der Waals surface area contributed by atoms with Crippen molar-refractivity contribution in [1.82, 2.24) is 10.6 Å². The number of hydrogen-bond acceptors (Lipinski definition) is 5. The summed E-state index contributed by atoms with van der Waals surface area (Å²) in [6.07, 6.45) is 1.67. The van der Waals surface area contributed by atoms with E-state index in [4.69, 9.17) is 14.9 Å². The van der Waals surface area contributed by atoms with Crippen LogP contribution in [0.25, 0.3) is 0 Å². The second-order valence-electron chi connectivity index (χ2n) is 4.68.